The number of fused-ring (bicyclic) bond motifs is 1. The Bertz CT molecular complexity index is 1840. The maximum Gasteiger partial charge on any atom is 0.425 e. The summed E-state index contributed by atoms with van der Waals surface area (Å²) in [6.07, 6.45) is -5.48. The van der Waals surface area contributed by atoms with E-state index in [1.807, 2.05) is 0 Å². The number of imide groups is 1. The third kappa shape index (κ3) is 8.99. The number of carbonyl (C=O) groups excluding carboxylic acids is 5. The number of ether oxygens (including phenoxy) is 4. The topological polar surface area (TPSA) is 177 Å². The fraction of sp³-hybridized carbons (Fsp3) is 0.444. The number of nitrogens with zero attached hydrogens (tertiary/aromatic N) is 4. The van der Waals surface area contributed by atoms with Gasteiger partial charge < -0.3 is 39.2 Å². The molecule has 0 aliphatic carbocycles. The number of nitrogens with one attached hydrogen (secondary N) is 1. The Kier molecular flexibility index (Phi) is 11.1. The minimum Gasteiger partial charge on any atom is -0.443 e. The van der Waals surface area contributed by atoms with E-state index < -0.39 is 59.1 Å². The molecule has 3 heterocycles. The second-order valence-electron chi connectivity index (χ2n) is 14.2. The van der Waals surface area contributed by atoms with Gasteiger partial charge in [0.25, 0.3) is 17.7 Å². The lowest BCUT2D eigenvalue weighted by molar-refractivity contribution is -0.150. The highest BCUT2D eigenvalue weighted by Crippen LogP contribution is 2.27. The van der Waals surface area contributed by atoms with Crippen molar-refractivity contribution in [3.8, 4) is 0 Å². The molecular formula is C36H42FN5O10. The number of aliphatic hydroxyl groups excluding tert-OH is 1. The van der Waals surface area contributed by atoms with Gasteiger partial charge >= 0.3 is 12.2 Å². The molecule has 2 saturated heterocycles. The van der Waals surface area contributed by atoms with Crippen LogP contribution in [0.25, 0.3) is 10.9 Å². The quantitative estimate of drug-likeness (QED) is 0.372. The number of aromatic nitrogens is 1. The Labute approximate surface area is 299 Å². The van der Waals surface area contributed by atoms with Crippen molar-refractivity contribution in [2.24, 2.45) is 0 Å². The number of hydrogen-bond donors (Lipinski definition) is 2. The van der Waals surface area contributed by atoms with E-state index in [4.69, 9.17) is 18.9 Å². The number of hydrogen-bond acceptors (Lipinski definition) is 11. The summed E-state index contributed by atoms with van der Waals surface area (Å²) in [4.78, 5) is 73.6. The summed E-state index contributed by atoms with van der Waals surface area (Å²) >= 11 is 0. The molecule has 2 aliphatic heterocycles. The van der Waals surface area contributed by atoms with Gasteiger partial charge in [-0.05, 0) is 90.1 Å². The molecule has 2 N–H and O–H groups in total. The standard InChI is InChI=1S/C36H42FN5O10/c1-35(2,3)51-33(47)42(34(48)52-36(4,5)6)27-12-7-21-19-22(8-11-26(21)39-27)38-30(44)28(43)29-32(46)41(15-18-50-29)23-9-10-25(37)24(20-23)31(45)40-13-16-49-17-14-40/h7-12,19-20,28-29,43H,13-18H2,1-6H3,(H,38,44)/t28-,29-/m1/s1. The van der Waals surface area contributed by atoms with Crippen LogP contribution in [0.2, 0.25) is 0 Å². The summed E-state index contributed by atoms with van der Waals surface area (Å²) in [6, 6.07) is 11.2. The van der Waals surface area contributed by atoms with Crippen LogP contribution in [0.4, 0.5) is 31.2 Å². The highest BCUT2D eigenvalue weighted by atomic mass is 19.1. The summed E-state index contributed by atoms with van der Waals surface area (Å²) in [7, 11) is 0. The monoisotopic (exact) mass is 723 g/mol. The van der Waals surface area contributed by atoms with Crippen molar-refractivity contribution < 1.29 is 52.4 Å². The van der Waals surface area contributed by atoms with Gasteiger partial charge in [0.15, 0.2) is 12.2 Å². The van der Waals surface area contributed by atoms with Crippen molar-refractivity contribution in [3.63, 3.8) is 0 Å². The van der Waals surface area contributed by atoms with Crippen molar-refractivity contribution in [3.05, 3.63) is 59.9 Å². The Hall–Kier alpha value is -5.19. The lowest BCUT2D eigenvalue weighted by atomic mass is 10.1. The molecule has 1 aromatic heterocycles. The van der Waals surface area contributed by atoms with Crippen LogP contribution in [0.15, 0.2) is 48.5 Å². The second-order valence-corrected chi connectivity index (χ2v) is 14.2. The van der Waals surface area contributed by atoms with Gasteiger partial charge in [-0.2, -0.15) is 4.90 Å². The molecule has 2 atom stereocenters. The Morgan fingerprint density at radius 1 is 0.923 bits per heavy atom. The molecule has 2 aromatic carbocycles. The Balaban J connectivity index is 1.30. The normalized spacial score (nSPS) is 17.4. The van der Waals surface area contributed by atoms with Crippen LogP contribution in [0, 0.1) is 5.82 Å². The van der Waals surface area contributed by atoms with Gasteiger partial charge in [0.05, 0.1) is 30.9 Å². The van der Waals surface area contributed by atoms with E-state index >= 15 is 0 Å². The zero-order valence-corrected chi connectivity index (χ0v) is 29.8. The number of pyridine rings is 1. The zero-order valence-electron chi connectivity index (χ0n) is 29.8. The predicted molar refractivity (Wildman–Crippen MR) is 187 cm³/mol. The maximum absolute atomic E-state index is 14.7. The van der Waals surface area contributed by atoms with E-state index in [1.54, 1.807) is 53.7 Å². The fourth-order valence-corrected chi connectivity index (χ4v) is 5.42. The average Bonchev–Trinajstić information content (AvgIpc) is 3.07. The SMILES string of the molecule is CC(C)(C)OC(=O)N(C(=O)OC(C)(C)C)c1ccc2cc(NC(=O)[C@H](O)[C@H]3OCCN(c4ccc(F)c(C(=O)N5CCOCC5)c4)C3=O)ccc2n1. The highest BCUT2D eigenvalue weighted by Gasteiger charge is 2.40. The molecule has 2 fully saturated rings. The highest BCUT2D eigenvalue weighted by molar-refractivity contribution is 6.09. The summed E-state index contributed by atoms with van der Waals surface area (Å²) in [6.45, 7) is 11.2. The van der Waals surface area contributed by atoms with Crippen molar-refractivity contribution in [2.45, 2.75) is 65.0 Å². The van der Waals surface area contributed by atoms with Crippen LogP contribution in [-0.2, 0) is 28.5 Å². The van der Waals surface area contributed by atoms with Crippen molar-refractivity contribution in [1.29, 1.82) is 0 Å². The lowest BCUT2D eigenvalue weighted by Gasteiger charge is -2.34. The Morgan fingerprint density at radius 2 is 1.58 bits per heavy atom. The van der Waals surface area contributed by atoms with Crippen molar-refractivity contribution in [1.82, 2.24) is 9.88 Å². The van der Waals surface area contributed by atoms with Crippen LogP contribution in [0.3, 0.4) is 0 Å². The van der Waals surface area contributed by atoms with Crippen molar-refractivity contribution in [2.75, 3.05) is 54.6 Å². The number of aliphatic hydroxyl groups is 1. The van der Waals surface area contributed by atoms with Crippen LogP contribution in [0.5, 0.6) is 0 Å². The number of morpholine rings is 2. The van der Waals surface area contributed by atoms with Gasteiger partial charge in [-0.3, -0.25) is 14.4 Å². The molecule has 52 heavy (non-hydrogen) atoms. The largest absolute Gasteiger partial charge is 0.443 e. The van der Waals surface area contributed by atoms with Crippen LogP contribution in [0.1, 0.15) is 51.9 Å². The molecule has 0 radical (unpaired) electrons. The molecule has 16 heteroatoms. The number of anilines is 3. The number of amides is 5. The average molecular weight is 724 g/mol. The molecule has 0 unspecified atom stereocenters. The zero-order chi connectivity index (χ0) is 38.0. The summed E-state index contributed by atoms with van der Waals surface area (Å²) in [5.41, 5.74) is -1.24. The van der Waals surface area contributed by atoms with Crippen LogP contribution in [-0.4, -0.2) is 108 Å². The number of benzene rings is 2. The van der Waals surface area contributed by atoms with Gasteiger partial charge in [-0.1, -0.05) is 0 Å². The van der Waals surface area contributed by atoms with Crippen LogP contribution < -0.4 is 15.1 Å². The molecule has 278 valence electrons. The van der Waals surface area contributed by atoms with Gasteiger partial charge in [-0.25, -0.2) is 19.0 Å². The van der Waals surface area contributed by atoms with Gasteiger partial charge in [0.2, 0.25) is 0 Å². The Morgan fingerprint density at radius 3 is 2.21 bits per heavy atom. The molecular weight excluding hydrogens is 681 g/mol. The third-order valence-corrected chi connectivity index (χ3v) is 7.79. The molecule has 2 aliphatic rings. The first-order valence-corrected chi connectivity index (χ1v) is 16.7. The van der Waals surface area contributed by atoms with E-state index in [0.29, 0.717) is 42.1 Å². The molecule has 0 bridgehead atoms. The molecule has 5 rings (SSSR count). The summed E-state index contributed by atoms with van der Waals surface area (Å²) < 4.78 is 36.4. The lowest BCUT2D eigenvalue weighted by Crippen LogP contribution is -2.55. The predicted octanol–water partition coefficient (Wildman–Crippen LogP) is 4.25. The fourth-order valence-electron chi connectivity index (χ4n) is 5.42. The maximum atomic E-state index is 14.7. The van der Waals surface area contributed by atoms with Gasteiger partial charge in [0, 0.05) is 36.4 Å². The minimum atomic E-state index is -1.93. The molecule has 5 amide bonds. The van der Waals surface area contributed by atoms with E-state index in [-0.39, 0.29) is 35.9 Å². The van der Waals surface area contributed by atoms with Crippen molar-refractivity contribution >= 4 is 58.0 Å². The van der Waals surface area contributed by atoms with Gasteiger partial charge in [0.1, 0.15) is 22.8 Å². The first-order chi connectivity index (χ1) is 24.4. The number of carbonyl (C=O) groups is 5. The number of halogens is 1. The molecule has 0 saturated carbocycles. The van der Waals surface area contributed by atoms with E-state index in [0.717, 1.165) is 6.07 Å². The first kappa shape index (κ1) is 38.1. The smallest absolute Gasteiger partial charge is 0.425 e. The molecule has 3 aromatic rings. The summed E-state index contributed by atoms with van der Waals surface area (Å²) in [5, 5.41) is 14.0. The van der Waals surface area contributed by atoms with E-state index in [1.165, 1.54) is 40.1 Å². The third-order valence-electron chi connectivity index (χ3n) is 7.79. The first-order valence-electron chi connectivity index (χ1n) is 16.7. The van der Waals surface area contributed by atoms with E-state index in [2.05, 4.69) is 10.3 Å². The second kappa shape index (κ2) is 15.2. The molecule has 0 spiro atoms. The van der Waals surface area contributed by atoms with E-state index in [9.17, 15) is 33.5 Å². The molecule has 15 nitrogen and oxygen atoms in total. The number of rotatable bonds is 6. The minimum absolute atomic E-state index is 0.0411. The van der Waals surface area contributed by atoms with Crippen LogP contribution >= 0.6 is 0 Å². The van der Waals surface area contributed by atoms with Gasteiger partial charge in [-0.15, -0.1) is 0 Å². The summed E-state index contributed by atoms with van der Waals surface area (Å²) in [5.74, 6) is -3.03.